The Morgan fingerprint density at radius 3 is 2.23 bits per heavy atom. The minimum absolute atomic E-state index is 0.0702. The van der Waals surface area contributed by atoms with Gasteiger partial charge in [0, 0.05) is 11.6 Å². The van der Waals surface area contributed by atoms with Gasteiger partial charge in [0.2, 0.25) is 5.82 Å². The predicted molar refractivity (Wildman–Crippen MR) is 98.2 cm³/mol. The highest BCUT2D eigenvalue weighted by Crippen LogP contribution is 2.32. The minimum Gasteiger partial charge on any atom is -0.497 e. The van der Waals surface area contributed by atoms with Crippen molar-refractivity contribution in [3.8, 4) is 28.6 Å². The van der Waals surface area contributed by atoms with Crippen LogP contribution in [0.25, 0.3) is 11.4 Å². The Bertz CT molecular complexity index is 1010. The SMILES string of the molecule is COc1ccc(OCCOc2c(C)cc(-c3noc(C(F)(F)F)n3)cc2C)c(F)c1. The van der Waals surface area contributed by atoms with Crippen molar-refractivity contribution in [2.45, 2.75) is 20.0 Å². The van der Waals surface area contributed by atoms with Gasteiger partial charge in [-0.3, -0.25) is 0 Å². The number of hydrogen-bond acceptors (Lipinski definition) is 6. The molecule has 3 rings (SSSR count). The summed E-state index contributed by atoms with van der Waals surface area (Å²) in [5, 5.41) is 3.38. The van der Waals surface area contributed by atoms with Crippen LogP contribution in [0.3, 0.4) is 0 Å². The summed E-state index contributed by atoms with van der Waals surface area (Å²) in [5.74, 6) is -1.14. The molecule has 0 fully saturated rings. The summed E-state index contributed by atoms with van der Waals surface area (Å²) in [7, 11) is 1.44. The van der Waals surface area contributed by atoms with Crippen LogP contribution in [-0.4, -0.2) is 30.5 Å². The second-order valence-electron chi connectivity index (χ2n) is 6.35. The molecule has 1 aromatic heterocycles. The van der Waals surface area contributed by atoms with Crippen molar-refractivity contribution in [1.82, 2.24) is 10.1 Å². The number of alkyl halides is 3. The predicted octanol–water partition coefficient (Wildman–Crippen LogP) is 4.98. The molecule has 0 aliphatic carbocycles. The Morgan fingerprint density at radius 2 is 1.67 bits per heavy atom. The molecule has 3 aromatic rings. The summed E-state index contributed by atoms with van der Waals surface area (Å²) in [6.45, 7) is 3.69. The molecule has 0 atom stereocenters. The van der Waals surface area contributed by atoms with Gasteiger partial charge in [-0.25, -0.2) is 4.39 Å². The first-order chi connectivity index (χ1) is 14.2. The molecular weight excluding hydrogens is 408 g/mol. The van der Waals surface area contributed by atoms with Crippen LogP contribution in [0, 0.1) is 19.7 Å². The third-order valence-corrected chi connectivity index (χ3v) is 4.11. The molecule has 0 N–H and O–H groups in total. The van der Waals surface area contributed by atoms with E-state index in [1.54, 1.807) is 32.0 Å². The second-order valence-corrected chi connectivity index (χ2v) is 6.35. The summed E-state index contributed by atoms with van der Waals surface area (Å²) < 4.78 is 72.1. The Labute approximate surface area is 169 Å². The Kier molecular flexibility index (Phi) is 6.14. The van der Waals surface area contributed by atoms with E-state index in [1.807, 2.05) is 0 Å². The topological polar surface area (TPSA) is 66.6 Å². The zero-order valence-electron chi connectivity index (χ0n) is 16.3. The smallest absolute Gasteiger partial charge is 0.471 e. The van der Waals surface area contributed by atoms with Crippen molar-refractivity contribution >= 4 is 0 Å². The molecule has 30 heavy (non-hydrogen) atoms. The van der Waals surface area contributed by atoms with E-state index in [1.165, 1.54) is 19.2 Å². The average Bonchev–Trinajstić information content (AvgIpc) is 3.18. The molecule has 0 spiro atoms. The van der Waals surface area contributed by atoms with Crippen molar-refractivity contribution in [2.24, 2.45) is 0 Å². The number of rotatable bonds is 7. The quantitative estimate of drug-likeness (QED) is 0.392. The van der Waals surface area contributed by atoms with Gasteiger partial charge in [-0.05, 0) is 49.2 Å². The van der Waals surface area contributed by atoms with Gasteiger partial charge in [0.1, 0.15) is 24.7 Å². The molecule has 160 valence electrons. The van der Waals surface area contributed by atoms with Crippen molar-refractivity contribution in [3.05, 3.63) is 53.2 Å². The van der Waals surface area contributed by atoms with Crippen LogP contribution in [0.15, 0.2) is 34.9 Å². The van der Waals surface area contributed by atoms with E-state index in [9.17, 15) is 17.6 Å². The molecule has 0 saturated carbocycles. The highest BCUT2D eigenvalue weighted by atomic mass is 19.4. The minimum atomic E-state index is -4.71. The van der Waals surface area contributed by atoms with Crippen LogP contribution in [0.1, 0.15) is 17.0 Å². The zero-order chi connectivity index (χ0) is 21.9. The van der Waals surface area contributed by atoms with Crippen molar-refractivity contribution in [1.29, 1.82) is 0 Å². The van der Waals surface area contributed by atoms with E-state index in [0.717, 1.165) is 0 Å². The molecule has 0 aliphatic rings. The summed E-state index contributed by atoms with van der Waals surface area (Å²) in [4.78, 5) is 3.39. The fraction of sp³-hybridized carbons (Fsp3) is 0.300. The maximum absolute atomic E-state index is 13.9. The summed E-state index contributed by atoms with van der Waals surface area (Å²) in [6.07, 6.45) is -4.71. The van der Waals surface area contributed by atoms with Gasteiger partial charge in [-0.2, -0.15) is 18.2 Å². The van der Waals surface area contributed by atoms with Gasteiger partial charge in [-0.15, -0.1) is 0 Å². The fourth-order valence-electron chi connectivity index (χ4n) is 2.78. The van der Waals surface area contributed by atoms with E-state index < -0.39 is 17.9 Å². The number of nitrogens with zero attached hydrogens (tertiary/aromatic N) is 2. The second kappa shape index (κ2) is 8.60. The van der Waals surface area contributed by atoms with Crippen molar-refractivity contribution in [3.63, 3.8) is 0 Å². The van der Waals surface area contributed by atoms with Crippen LogP contribution in [0.4, 0.5) is 17.6 Å². The first-order valence-corrected chi connectivity index (χ1v) is 8.80. The lowest BCUT2D eigenvalue weighted by Crippen LogP contribution is -2.11. The molecule has 0 aliphatic heterocycles. The highest BCUT2D eigenvalue weighted by Gasteiger charge is 2.38. The van der Waals surface area contributed by atoms with Gasteiger partial charge in [0.15, 0.2) is 11.6 Å². The van der Waals surface area contributed by atoms with Crippen molar-refractivity contribution in [2.75, 3.05) is 20.3 Å². The largest absolute Gasteiger partial charge is 0.497 e. The first kappa shape index (κ1) is 21.4. The normalized spacial score (nSPS) is 11.4. The van der Waals surface area contributed by atoms with Gasteiger partial charge >= 0.3 is 12.1 Å². The maximum atomic E-state index is 13.9. The Balaban J connectivity index is 1.64. The van der Waals surface area contributed by atoms with Crippen LogP contribution in [0.5, 0.6) is 17.2 Å². The van der Waals surface area contributed by atoms with Crippen molar-refractivity contribution < 1.29 is 36.3 Å². The molecule has 2 aromatic carbocycles. The number of hydrogen-bond donors (Lipinski definition) is 0. The van der Waals surface area contributed by atoms with Crippen LogP contribution in [-0.2, 0) is 6.18 Å². The number of ether oxygens (including phenoxy) is 3. The molecule has 10 heteroatoms. The number of benzene rings is 2. The average molecular weight is 426 g/mol. The lowest BCUT2D eigenvalue weighted by atomic mass is 10.1. The fourth-order valence-corrected chi connectivity index (χ4v) is 2.78. The zero-order valence-corrected chi connectivity index (χ0v) is 16.3. The summed E-state index contributed by atoms with van der Waals surface area (Å²) in [6, 6.07) is 7.44. The van der Waals surface area contributed by atoms with Crippen LogP contribution in [0.2, 0.25) is 0 Å². The molecule has 0 amide bonds. The number of halogens is 4. The lowest BCUT2D eigenvalue weighted by Gasteiger charge is -2.14. The van der Waals surface area contributed by atoms with E-state index in [-0.39, 0.29) is 24.8 Å². The number of methoxy groups -OCH3 is 1. The van der Waals surface area contributed by atoms with E-state index in [4.69, 9.17) is 14.2 Å². The van der Waals surface area contributed by atoms with Crippen LogP contribution >= 0.6 is 0 Å². The summed E-state index contributed by atoms with van der Waals surface area (Å²) in [5.41, 5.74) is 1.70. The maximum Gasteiger partial charge on any atom is 0.471 e. The standard InChI is InChI=1S/C20H18F4N2O4/c1-11-8-13(18-25-19(30-26-18)20(22,23)24)9-12(2)17(11)29-7-6-28-16-5-4-14(27-3)10-15(16)21/h4-5,8-10H,6-7H2,1-3H3. The Morgan fingerprint density at radius 1 is 1.00 bits per heavy atom. The molecular formula is C20H18F4N2O4. The lowest BCUT2D eigenvalue weighted by molar-refractivity contribution is -0.159. The monoisotopic (exact) mass is 426 g/mol. The molecule has 0 radical (unpaired) electrons. The van der Waals surface area contributed by atoms with Gasteiger partial charge in [0.25, 0.3) is 0 Å². The van der Waals surface area contributed by atoms with E-state index in [0.29, 0.717) is 28.2 Å². The number of aryl methyl sites for hydroxylation is 2. The van der Waals surface area contributed by atoms with Gasteiger partial charge in [0.05, 0.1) is 7.11 Å². The van der Waals surface area contributed by atoms with Gasteiger partial charge in [-0.1, -0.05) is 5.16 Å². The Hall–Kier alpha value is -3.30. The van der Waals surface area contributed by atoms with Gasteiger partial charge < -0.3 is 18.7 Å². The van der Waals surface area contributed by atoms with Crippen LogP contribution < -0.4 is 14.2 Å². The summed E-state index contributed by atoms with van der Waals surface area (Å²) >= 11 is 0. The first-order valence-electron chi connectivity index (χ1n) is 8.80. The molecule has 0 bridgehead atoms. The van der Waals surface area contributed by atoms with E-state index in [2.05, 4.69) is 14.7 Å². The third-order valence-electron chi connectivity index (χ3n) is 4.11. The number of aromatic nitrogens is 2. The molecule has 1 heterocycles. The third kappa shape index (κ3) is 4.81. The molecule has 6 nitrogen and oxygen atoms in total. The highest BCUT2D eigenvalue weighted by molar-refractivity contribution is 5.61. The molecule has 0 saturated heterocycles. The molecule has 0 unspecified atom stereocenters. The van der Waals surface area contributed by atoms with E-state index >= 15 is 0 Å².